The zero-order valence-electron chi connectivity index (χ0n) is 13.3. The van der Waals surface area contributed by atoms with Gasteiger partial charge in [-0.05, 0) is 35.9 Å². The van der Waals surface area contributed by atoms with E-state index in [1.807, 2.05) is 0 Å². The number of halogens is 3. The van der Waals surface area contributed by atoms with Crippen molar-refractivity contribution in [3.8, 4) is 5.75 Å². The van der Waals surface area contributed by atoms with Crippen LogP contribution >= 0.6 is 23.2 Å². The van der Waals surface area contributed by atoms with Crippen LogP contribution in [0, 0.1) is 5.82 Å². The van der Waals surface area contributed by atoms with E-state index in [4.69, 9.17) is 27.9 Å². The first-order valence-electron chi connectivity index (χ1n) is 7.36. The fourth-order valence-corrected chi connectivity index (χ4v) is 2.20. The van der Waals surface area contributed by atoms with Crippen LogP contribution in [0.4, 0.5) is 4.39 Å². The molecular formula is C17H14Cl2FN3O3. The minimum Gasteiger partial charge on any atom is -0.482 e. The Balaban J connectivity index is 1.69. The molecule has 0 radical (unpaired) electrons. The maximum Gasteiger partial charge on any atom is 0.259 e. The fraction of sp³-hybridized carbons (Fsp3) is 0.118. The van der Waals surface area contributed by atoms with Gasteiger partial charge in [-0.25, -0.2) is 9.82 Å². The lowest BCUT2D eigenvalue weighted by atomic mass is 10.2. The quantitative estimate of drug-likeness (QED) is 0.556. The van der Waals surface area contributed by atoms with Crippen LogP contribution in [0.3, 0.4) is 0 Å². The summed E-state index contributed by atoms with van der Waals surface area (Å²) in [5, 5.41) is 6.80. The van der Waals surface area contributed by atoms with Crippen LogP contribution in [-0.4, -0.2) is 31.2 Å². The molecule has 2 rings (SSSR count). The third kappa shape index (κ3) is 6.70. The standard InChI is InChI=1S/C17H14Cl2FN3O3/c18-12-3-6-15(14(19)7-12)26-10-17(25)21-9-16(24)23-22-8-11-1-4-13(20)5-2-11/h1-8H,9-10H2,(H,21,25)(H,23,24). The molecule has 0 unspecified atom stereocenters. The molecule has 6 nitrogen and oxygen atoms in total. The van der Waals surface area contributed by atoms with Gasteiger partial charge in [-0.3, -0.25) is 9.59 Å². The third-order valence-corrected chi connectivity index (χ3v) is 3.50. The summed E-state index contributed by atoms with van der Waals surface area (Å²) in [6.45, 7) is -0.592. The second kappa shape index (κ2) is 9.74. The van der Waals surface area contributed by atoms with Crippen molar-refractivity contribution in [3.05, 3.63) is 63.9 Å². The second-order valence-corrected chi connectivity index (χ2v) is 5.83. The zero-order valence-corrected chi connectivity index (χ0v) is 14.9. The van der Waals surface area contributed by atoms with Gasteiger partial charge in [0.05, 0.1) is 17.8 Å². The second-order valence-electron chi connectivity index (χ2n) is 4.98. The first kappa shape index (κ1) is 19.7. The van der Waals surface area contributed by atoms with Crippen LogP contribution in [0.2, 0.25) is 10.0 Å². The largest absolute Gasteiger partial charge is 0.482 e. The molecule has 0 aromatic heterocycles. The summed E-state index contributed by atoms with van der Waals surface area (Å²) in [7, 11) is 0. The van der Waals surface area contributed by atoms with E-state index in [0.29, 0.717) is 16.3 Å². The number of rotatable bonds is 7. The van der Waals surface area contributed by atoms with Crippen molar-refractivity contribution in [1.29, 1.82) is 0 Å². The molecule has 0 aliphatic rings. The number of carbonyl (C=O) groups excluding carboxylic acids is 2. The van der Waals surface area contributed by atoms with Crippen molar-refractivity contribution in [2.75, 3.05) is 13.2 Å². The minimum atomic E-state index is -0.527. The number of amides is 2. The van der Waals surface area contributed by atoms with Crippen LogP contribution in [0.1, 0.15) is 5.56 Å². The van der Waals surface area contributed by atoms with Crippen LogP contribution in [0.15, 0.2) is 47.6 Å². The van der Waals surface area contributed by atoms with Gasteiger partial charge in [-0.2, -0.15) is 5.10 Å². The van der Waals surface area contributed by atoms with Gasteiger partial charge in [0.2, 0.25) is 0 Å². The fourth-order valence-electron chi connectivity index (χ4n) is 1.73. The number of nitrogens with zero attached hydrogens (tertiary/aromatic N) is 1. The Bertz CT molecular complexity index is 813. The molecule has 9 heteroatoms. The van der Waals surface area contributed by atoms with Gasteiger partial charge in [-0.1, -0.05) is 35.3 Å². The van der Waals surface area contributed by atoms with Crippen molar-refractivity contribution in [3.63, 3.8) is 0 Å². The van der Waals surface area contributed by atoms with Crippen LogP contribution in [0.25, 0.3) is 0 Å². The summed E-state index contributed by atoms with van der Waals surface area (Å²) in [5.74, 6) is -1.09. The third-order valence-electron chi connectivity index (χ3n) is 2.97. The van der Waals surface area contributed by atoms with Gasteiger partial charge in [0, 0.05) is 5.02 Å². The minimum absolute atomic E-state index is 0.276. The molecular weight excluding hydrogens is 384 g/mol. The normalized spacial score (nSPS) is 10.6. The molecule has 0 aliphatic carbocycles. The smallest absolute Gasteiger partial charge is 0.259 e. The Hall–Kier alpha value is -2.64. The molecule has 0 atom stereocenters. The summed E-state index contributed by atoms with van der Waals surface area (Å²) in [6.07, 6.45) is 1.35. The zero-order chi connectivity index (χ0) is 18.9. The topological polar surface area (TPSA) is 79.8 Å². The van der Waals surface area contributed by atoms with Gasteiger partial charge >= 0.3 is 0 Å². The summed E-state index contributed by atoms with van der Waals surface area (Å²) in [4.78, 5) is 23.2. The molecule has 2 N–H and O–H groups in total. The van der Waals surface area contributed by atoms with Crippen molar-refractivity contribution in [2.45, 2.75) is 0 Å². The van der Waals surface area contributed by atoms with E-state index in [2.05, 4.69) is 15.8 Å². The molecule has 2 aromatic rings. The van der Waals surface area contributed by atoms with Gasteiger partial charge in [0.15, 0.2) is 6.61 Å². The van der Waals surface area contributed by atoms with Crippen molar-refractivity contribution < 1.29 is 18.7 Å². The van der Waals surface area contributed by atoms with E-state index in [-0.39, 0.29) is 24.0 Å². The molecule has 0 saturated heterocycles. The van der Waals surface area contributed by atoms with Crippen molar-refractivity contribution in [2.24, 2.45) is 5.10 Å². The molecule has 0 aliphatic heterocycles. The molecule has 0 bridgehead atoms. The van der Waals surface area contributed by atoms with Gasteiger partial charge < -0.3 is 10.1 Å². The van der Waals surface area contributed by atoms with E-state index in [1.54, 1.807) is 6.07 Å². The number of hydrogen-bond donors (Lipinski definition) is 2. The van der Waals surface area contributed by atoms with E-state index >= 15 is 0 Å². The van der Waals surface area contributed by atoms with Crippen molar-refractivity contribution in [1.82, 2.24) is 10.7 Å². The van der Waals surface area contributed by atoms with Crippen molar-refractivity contribution >= 4 is 41.2 Å². The lowest BCUT2D eigenvalue weighted by Crippen LogP contribution is -2.37. The Kier molecular flexibility index (Phi) is 7.37. The summed E-state index contributed by atoms with van der Waals surface area (Å²) in [5.41, 5.74) is 2.85. The average Bonchev–Trinajstić information content (AvgIpc) is 2.61. The number of ether oxygens (including phenoxy) is 1. The van der Waals surface area contributed by atoms with Crippen LogP contribution in [0.5, 0.6) is 5.75 Å². The molecule has 0 spiro atoms. The molecule has 2 aromatic carbocycles. The Morgan fingerprint density at radius 3 is 2.54 bits per heavy atom. The van der Waals surface area contributed by atoms with Crippen LogP contribution < -0.4 is 15.5 Å². The van der Waals surface area contributed by atoms with Gasteiger partial charge in [-0.15, -0.1) is 0 Å². The molecule has 2 amide bonds. The Morgan fingerprint density at radius 2 is 1.85 bits per heavy atom. The number of hydrazone groups is 1. The first-order chi connectivity index (χ1) is 12.4. The molecule has 26 heavy (non-hydrogen) atoms. The highest BCUT2D eigenvalue weighted by Gasteiger charge is 2.08. The number of carbonyl (C=O) groups is 2. The van der Waals surface area contributed by atoms with E-state index in [9.17, 15) is 14.0 Å². The maximum absolute atomic E-state index is 12.7. The van der Waals surface area contributed by atoms with Gasteiger partial charge in [0.25, 0.3) is 11.8 Å². The maximum atomic E-state index is 12.7. The molecule has 136 valence electrons. The highest BCUT2D eigenvalue weighted by molar-refractivity contribution is 6.35. The van der Waals surface area contributed by atoms with E-state index < -0.39 is 11.8 Å². The highest BCUT2D eigenvalue weighted by atomic mass is 35.5. The predicted molar refractivity (Wildman–Crippen MR) is 97.1 cm³/mol. The lowest BCUT2D eigenvalue weighted by molar-refractivity contribution is -0.127. The number of hydrogen-bond acceptors (Lipinski definition) is 4. The Morgan fingerprint density at radius 1 is 1.12 bits per heavy atom. The number of benzene rings is 2. The van der Waals surface area contributed by atoms with Crippen LogP contribution in [-0.2, 0) is 9.59 Å². The van der Waals surface area contributed by atoms with E-state index in [1.165, 1.54) is 42.6 Å². The summed E-state index contributed by atoms with van der Waals surface area (Å²) < 4.78 is 18.0. The molecule has 0 saturated carbocycles. The number of nitrogens with one attached hydrogen (secondary N) is 2. The average molecular weight is 398 g/mol. The highest BCUT2D eigenvalue weighted by Crippen LogP contribution is 2.27. The first-order valence-corrected chi connectivity index (χ1v) is 8.11. The molecule has 0 heterocycles. The summed E-state index contributed by atoms with van der Waals surface area (Å²) in [6, 6.07) is 10.2. The monoisotopic (exact) mass is 397 g/mol. The molecule has 0 fully saturated rings. The lowest BCUT2D eigenvalue weighted by Gasteiger charge is -2.08. The predicted octanol–water partition coefficient (Wildman–Crippen LogP) is 2.78. The van der Waals surface area contributed by atoms with E-state index in [0.717, 1.165) is 0 Å². The summed E-state index contributed by atoms with van der Waals surface area (Å²) >= 11 is 11.7. The SMILES string of the molecule is O=C(COc1ccc(Cl)cc1Cl)NCC(=O)NN=Cc1ccc(F)cc1. The van der Waals surface area contributed by atoms with Gasteiger partial charge in [0.1, 0.15) is 11.6 Å². The Labute approximate surface area is 158 Å².